The second kappa shape index (κ2) is 12.9. The van der Waals surface area contributed by atoms with Gasteiger partial charge in [0.15, 0.2) is 5.58 Å². The maximum Gasteiger partial charge on any atom is 0.159 e. The van der Waals surface area contributed by atoms with Gasteiger partial charge in [-0.3, -0.25) is 0 Å². The van der Waals surface area contributed by atoms with Crippen molar-refractivity contribution in [2.45, 2.75) is 0 Å². The van der Waals surface area contributed by atoms with Crippen LogP contribution < -0.4 is 9.64 Å². The number of hydrogen-bond acceptors (Lipinski definition) is 3. The first-order chi connectivity index (χ1) is 28.8. The summed E-state index contributed by atoms with van der Waals surface area (Å²) in [6.07, 6.45) is 0. The Hall–Kier alpha value is -7.82. The molecule has 0 spiro atoms. The maximum absolute atomic E-state index is 6.68. The van der Waals surface area contributed by atoms with Gasteiger partial charge in [0, 0.05) is 49.7 Å². The number of anilines is 3. The van der Waals surface area contributed by atoms with Gasteiger partial charge in [0.25, 0.3) is 0 Å². The molecule has 4 nitrogen and oxygen atoms in total. The van der Waals surface area contributed by atoms with E-state index >= 15 is 0 Å². The molecule has 0 bridgehead atoms. The molecule has 12 rings (SSSR count). The third-order valence-electron chi connectivity index (χ3n) is 11.6. The summed E-state index contributed by atoms with van der Waals surface area (Å²) in [5, 5.41) is 4.59. The number of rotatable bonds is 5. The van der Waals surface area contributed by atoms with Crippen molar-refractivity contribution in [1.82, 2.24) is 4.57 Å². The van der Waals surface area contributed by atoms with Crippen LogP contribution in [0.1, 0.15) is 0 Å². The summed E-state index contributed by atoms with van der Waals surface area (Å²) >= 11 is 0. The van der Waals surface area contributed by atoms with E-state index in [2.05, 4.69) is 185 Å². The zero-order chi connectivity index (χ0) is 38.2. The number of hydrogen-bond donors (Lipinski definition) is 0. The highest BCUT2D eigenvalue weighted by molar-refractivity contribution is 6.13. The van der Waals surface area contributed by atoms with Crippen LogP contribution in [0.2, 0.25) is 0 Å². The molecule has 0 saturated heterocycles. The van der Waals surface area contributed by atoms with E-state index in [0.717, 1.165) is 95.1 Å². The van der Waals surface area contributed by atoms with E-state index in [1.807, 2.05) is 30.3 Å². The fourth-order valence-electron chi connectivity index (χ4n) is 8.95. The van der Waals surface area contributed by atoms with Crippen LogP contribution in [0.25, 0.3) is 82.8 Å². The standard InChI is InChI=1S/C54H34N2O2/c1-2-13-37(14-3-1)56-48-20-8-4-15-41(48)47-34-39(30-32-49(47)56)55(50-21-12-19-45-43-17-6-11-24-53(43)58-54(45)50)38-28-25-35(26-29-38)36-27-31-40-42-16-5-9-22-51(42)57-52-23-10-7-18-44(52)46(40)33-36/h1-34H. The summed E-state index contributed by atoms with van der Waals surface area (Å²) in [5.41, 5.74) is 15.0. The summed E-state index contributed by atoms with van der Waals surface area (Å²) in [4.78, 5) is 2.34. The van der Waals surface area contributed by atoms with Gasteiger partial charge in [0.05, 0.1) is 16.7 Å². The minimum Gasteiger partial charge on any atom is -0.456 e. The fourth-order valence-corrected chi connectivity index (χ4v) is 8.95. The topological polar surface area (TPSA) is 30.5 Å². The van der Waals surface area contributed by atoms with Crippen molar-refractivity contribution in [3.63, 3.8) is 0 Å². The highest BCUT2D eigenvalue weighted by atomic mass is 16.5. The molecule has 9 aromatic carbocycles. The maximum atomic E-state index is 6.68. The number of para-hydroxylation sites is 6. The lowest BCUT2D eigenvalue weighted by molar-refractivity contribution is 0.488. The molecule has 0 saturated carbocycles. The molecule has 0 atom stereocenters. The van der Waals surface area contributed by atoms with Gasteiger partial charge in [-0.05, 0) is 101 Å². The van der Waals surface area contributed by atoms with E-state index < -0.39 is 0 Å². The van der Waals surface area contributed by atoms with Gasteiger partial charge in [-0.1, -0.05) is 127 Å². The lowest BCUT2D eigenvalue weighted by Crippen LogP contribution is -2.10. The number of ether oxygens (including phenoxy) is 1. The minimum atomic E-state index is 0.853. The summed E-state index contributed by atoms with van der Waals surface area (Å²) in [6, 6.07) is 73.1. The van der Waals surface area contributed by atoms with Crippen molar-refractivity contribution in [2.75, 3.05) is 4.90 Å². The molecule has 0 aliphatic carbocycles. The largest absolute Gasteiger partial charge is 0.456 e. The van der Waals surface area contributed by atoms with E-state index in [1.54, 1.807) is 0 Å². The van der Waals surface area contributed by atoms with Crippen molar-refractivity contribution in [3.05, 3.63) is 206 Å². The summed E-state index contributed by atoms with van der Waals surface area (Å²) in [7, 11) is 0. The monoisotopic (exact) mass is 742 g/mol. The lowest BCUT2D eigenvalue weighted by Gasteiger charge is -2.26. The Morgan fingerprint density at radius 3 is 1.84 bits per heavy atom. The van der Waals surface area contributed by atoms with Crippen LogP contribution in [0.3, 0.4) is 0 Å². The van der Waals surface area contributed by atoms with E-state index in [-0.39, 0.29) is 0 Å². The van der Waals surface area contributed by atoms with Crippen LogP contribution in [0.4, 0.5) is 17.1 Å². The van der Waals surface area contributed by atoms with E-state index in [4.69, 9.17) is 9.15 Å². The van der Waals surface area contributed by atoms with Crippen molar-refractivity contribution < 1.29 is 9.15 Å². The number of fused-ring (bicyclic) bond motifs is 11. The summed E-state index contributed by atoms with van der Waals surface area (Å²) in [6.45, 7) is 0. The predicted octanol–water partition coefficient (Wildman–Crippen LogP) is 15.3. The third kappa shape index (κ3) is 5.02. The molecule has 58 heavy (non-hydrogen) atoms. The molecule has 0 N–H and O–H groups in total. The third-order valence-corrected chi connectivity index (χ3v) is 11.6. The van der Waals surface area contributed by atoms with Gasteiger partial charge in [0.1, 0.15) is 17.1 Å². The second-order valence-electron chi connectivity index (χ2n) is 14.9. The van der Waals surface area contributed by atoms with Crippen molar-refractivity contribution in [2.24, 2.45) is 0 Å². The van der Waals surface area contributed by atoms with E-state index in [1.165, 1.54) is 16.3 Å². The highest BCUT2D eigenvalue weighted by Gasteiger charge is 2.23. The molecular formula is C54H34N2O2. The summed E-state index contributed by atoms with van der Waals surface area (Å²) < 4.78 is 15.5. The molecule has 3 heterocycles. The number of nitrogens with zero attached hydrogens (tertiary/aromatic N) is 2. The molecule has 0 amide bonds. The van der Waals surface area contributed by atoms with Gasteiger partial charge in [-0.2, -0.15) is 0 Å². The van der Waals surface area contributed by atoms with Gasteiger partial charge >= 0.3 is 0 Å². The summed E-state index contributed by atoms with van der Waals surface area (Å²) in [5.74, 6) is 1.73. The lowest BCUT2D eigenvalue weighted by atomic mass is 9.91. The normalized spacial score (nSPS) is 11.9. The zero-order valence-electron chi connectivity index (χ0n) is 31.3. The minimum absolute atomic E-state index is 0.853. The van der Waals surface area contributed by atoms with Gasteiger partial charge in [0.2, 0.25) is 0 Å². The van der Waals surface area contributed by atoms with E-state index in [9.17, 15) is 0 Å². The molecule has 1 aliphatic rings. The average Bonchev–Trinajstić information content (AvgIpc) is 3.79. The fraction of sp³-hybridized carbons (Fsp3) is 0. The molecule has 0 fully saturated rings. The first-order valence-electron chi connectivity index (χ1n) is 19.7. The molecular weight excluding hydrogens is 709 g/mol. The van der Waals surface area contributed by atoms with Crippen molar-refractivity contribution in [1.29, 1.82) is 0 Å². The van der Waals surface area contributed by atoms with Gasteiger partial charge in [-0.15, -0.1) is 0 Å². The average molecular weight is 743 g/mol. The number of furan rings is 1. The molecule has 0 unspecified atom stereocenters. The van der Waals surface area contributed by atoms with Gasteiger partial charge in [-0.25, -0.2) is 0 Å². The molecule has 272 valence electrons. The second-order valence-corrected chi connectivity index (χ2v) is 14.9. The Bertz CT molecular complexity index is 3380. The Kier molecular flexibility index (Phi) is 7.20. The molecule has 0 radical (unpaired) electrons. The Labute approximate surface area is 335 Å². The van der Waals surface area contributed by atoms with Crippen LogP contribution in [0.5, 0.6) is 11.5 Å². The zero-order valence-corrected chi connectivity index (χ0v) is 31.3. The Morgan fingerprint density at radius 2 is 1.02 bits per heavy atom. The smallest absolute Gasteiger partial charge is 0.159 e. The van der Waals surface area contributed by atoms with Crippen LogP contribution in [0, 0.1) is 0 Å². The first kappa shape index (κ1) is 32.4. The van der Waals surface area contributed by atoms with Crippen LogP contribution >= 0.6 is 0 Å². The van der Waals surface area contributed by atoms with Crippen LogP contribution in [-0.4, -0.2) is 4.57 Å². The molecule has 2 aromatic heterocycles. The SMILES string of the molecule is c1ccc(-n2c3ccccc3c3cc(N(c4ccc(-c5ccc6c(c5)-c5ccccc5Oc5ccccc5-6)cc4)c4cccc5c4oc4ccccc45)ccc32)cc1. The molecule has 11 aromatic rings. The van der Waals surface area contributed by atoms with Crippen molar-refractivity contribution in [3.8, 4) is 50.6 Å². The van der Waals surface area contributed by atoms with Crippen LogP contribution in [0.15, 0.2) is 211 Å². The van der Waals surface area contributed by atoms with Gasteiger partial charge < -0.3 is 18.6 Å². The van der Waals surface area contributed by atoms with Crippen LogP contribution in [-0.2, 0) is 0 Å². The number of aromatic nitrogens is 1. The predicted molar refractivity (Wildman–Crippen MR) is 239 cm³/mol. The Morgan fingerprint density at radius 1 is 0.379 bits per heavy atom. The Balaban J connectivity index is 1.03. The quantitative estimate of drug-likeness (QED) is 0.176. The van der Waals surface area contributed by atoms with E-state index in [0.29, 0.717) is 0 Å². The van der Waals surface area contributed by atoms with Crippen molar-refractivity contribution >= 4 is 60.8 Å². The molecule has 4 heteroatoms. The first-order valence-corrected chi connectivity index (χ1v) is 19.7. The number of benzene rings is 9. The molecule has 1 aliphatic heterocycles. The highest BCUT2D eigenvalue weighted by Crippen LogP contribution is 2.48.